The van der Waals surface area contributed by atoms with Crippen LogP contribution in [0.3, 0.4) is 0 Å². The van der Waals surface area contributed by atoms with Gasteiger partial charge < -0.3 is 19.7 Å². The fourth-order valence-electron chi connectivity index (χ4n) is 7.90. The van der Waals surface area contributed by atoms with E-state index in [9.17, 15) is 22.8 Å². The smallest absolute Gasteiger partial charge is 0.433 e. The average Bonchev–Trinajstić information content (AvgIpc) is 3.15. The van der Waals surface area contributed by atoms with Crippen molar-refractivity contribution < 1.29 is 32.2 Å². The predicted octanol–water partition coefficient (Wildman–Crippen LogP) is 7.24. The highest BCUT2D eigenvalue weighted by atomic mass is 19.4. The van der Waals surface area contributed by atoms with E-state index in [1.54, 1.807) is 20.8 Å². The van der Waals surface area contributed by atoms with Crippen molar-refractivity contribution in [1.82, 2.24) is 15.2 Å². The Balaban J connectivity index is 1.32. The normalized spacial score (nSPS) is 21.1. The number of ether oxygens (including phenoxy) is 2. The topological polar surface area (TPSA) is 84.0 Å². The highest BCUT2D eigenvalue weighted by Gasteiger charge is 2.55. The number of alkyl halides is 3. The van der Waals surface area contributed by atoms with Gasteiger partial charge in [0.1, 0.15) is 5.69 Å². The number of piperazine rings is 1. The van der Waals surface area contributed by atoms with Crippen LogP contribution in [0.15, 0.2) is 115 Å². The van der Waals surface area contributed by atoms with Crippen LogP contribution in [0.2, 0.25) is 0 Å². The number of aromatic nitrogens is 1. The molecule has 0 spiro atoms. The molecule has 52 heavy (non-hydrogen) atoms. The molecular formula is C41H43F3N4O4. The van der Waals surface area contributed by atoms with Gasteiger partial charge >= 0.3 is 18.1 Å². The highest BCUT2D eigenvalue weighted by molar-refractivity contribution is 5.94. The zero-order valence-corrected chi connectivity index (χ0v) is 29.7. The summed E-state index contributed by atoms with van der Waals surface area (Å²) in [6.07, 6.45) is -3.80. The maximum Gasteiger partial charge on any atom is 0.433 e. The number of allylic oxidation sites excluding steroid dienone is 1. The number of nitrogens with zero attached hydrogens (tertiary/aromatic N) is 3. The van der Waals surface area contributed by atoms with Gasteiger partial charge in [-0.25, -0.2) is 4.79 Å². The molecule has 1 N–H and O–H groups in total. The first-order chi connectivity index (χ1) is 25.0. The average molecular weight is 713 g/mol. The number of carbonyl (C=O) groups is 2. The summed E-state index contributed by atoms with van der Waals surface area (Å²) in [6.45, 7) is 8.20. The van der Waals surface area contributed by atoms with Crippen LogP contribution in [-0.4, -0.2) is 61.7 Å². The Hall–Kier alpha value is -5.16. The molecule has 6 rings (SSSR count). The fourth-order valence-corrected chi connectivity index (χ4v) is 7.90. The number of hydrogen-bond donors (Lipinski definition) is 1. The number of rotatable bonds is 9. The molecular weight excluding hydrogens is 669 g/mol. The summed E-state index contributed by atoms with van der Waals surface area (Å²) in [4.78, 5) is 35.7. The molecule has 3 heterocycles. The van der Waals surface area contributed by atoms with Crippen LogP contribution >= 0.6 is 0 Å². The Morgan fingerprint density at radius 1 is 0.904 bits per heavy atom. The third kappa shape index (κ3) is 7.14. The van der Waals surface area contributed by atoms with Crippen molar-refractivity contribution in [2.45, 2.75) is 44.4 Å². The third-order valence-corrected chi connectivity index (χ3v) is 10.2. The second-order valence-electron chi connectivity index (χ2n) is 13.3. The summed E-state index contributed by atoms with van der Waals surface area (Å²) in [5.41, 5.74) is 1.55. The maximum absolute atomic E-state index is 14.4. The van der Waals surface area contributed by atoms with E-state index in [4.69, 9.17) is 9.47 Å². The summed E-state index contributed by atoms with van der Waals surface area (Å²) in [5.74, 6) is -4.27. The van der Waals surface area contributed by atoms with Crippen LogP contribution in [0.5, 0.6) is 0 Å². The summed E-state index contributed by atoms with van der Waals surface area (Å²) in [7, 11) is 1.16. The van der Waals surface area contributed by atoms with Crippen molar-refractivity contribution in [3.05, 3.63) is 142 Å². The van der Waals surface area contributed by atoms with E-state index in [2.05, 4.69) is 68.6 Å². The summed E-state index contributed by atoms with van der Waals surface area (Å²) >= 11 is 0. The van der Waals surface area contributed by atoms with Crippen molar-refractivity contribution in [3.8, 4) is 0 Å². The molecule has 3 atom stereocenters. The lowest BCUT2D eigenvalue weighted by atomic mass is 9.64. The van der Waals surface area contributed by atoms with Crippen molar-refractivity contribution in [2.75, 3.05) is 44.8 Å². The highest BCUT2D eigenvalue weighted by Crippen LogP contribution is 2.51. The Morgan fingerprint density at radius 3 is 2.04 bits per heavy atom. The molecule has 0 saturated carbocycles. The van der Waals surface area contributed by atoms with E-state index >= 15 is 0 Å². The van der Waals surface area contributed by atoms with Gasteiger partial charge in [0.25, 0.3) is 0 Å². The van der Waals surface area contributed by atoms with Crippen molar-refractivity contribution >= 4 is 17.6 Å². The molecule has 11 heteroatoms. The van der Waals surface area contributed by atoms with E-state index in [0.29, 0.717) is 11.3 Å². The molecule has 272 valence electrons. The first kappa shape index (κ1) is 36.6. The molecule has 4 aromatic rings. The molecule has 0 aliphatic carbocycles. The molecule has 1 fully saturated rings. The van der Waals surface area contributed by atoms with Crippen LogP contribution in [0, 0.1) is 5.92 Å². The number of benzene rings is 3. The lowest BCUT2D eigenvalue weighted by molar-refractivity contribution is -0.154. The monoisotopic (exact) mass is 712 g/mol. The second-order valence-corrected chi connectivity index (χ2v) is 13.3. The first-order valence-electron chi connectivity index (χ1n) is 17.4. The van der Waals surface area contributed by atoms with E-state index in [1.165, 1.54) is 23.3 Å². The van der Waals surface area contributed by atoms with Gasteiger partial charge in [-0.3, -0.25) is 14.7 Å². The van der Waals surface area contributed by atoms with Gasteiger partial charge in [-0.1, -0.05) is 78.9 Å². The Kier molecular flexibility index (Phi) is 10.7. The largest absolute Gasteiger partial charge is 0.466 e. The SMILES string of the molecule is CCOC(=O)C1C(c2cccnc2C(F)(F)F)C(C(=O)OC)=C(C)NC1(C)c1ccc(N2CCN(C(c3ccccc3)c3ccccc3)CC2)cc1. The van der Waals surface area contributed by atoms with Crippen molar-refractivity contribution in [3.63, 3.8) is 0 Å². The molecule has 0 amide bonds. The van der Waals surface area contributed by atoms with Crippen LogP contribution < -0.4 is 10.2 Å². The Morgan fingerprint density at radius 2 is 1.50 bits per heavy atom. The standard InChI is InChI=1S/C41H43F3N4O4/c1-5-52-39(50)35-34(32-17-12-22-45-37(32)41(42,43)44)33(38(49)51-4)27(2)46-40(35,3)30-18-20-31(21-19-30)47-23-25-48(26-24-47)36(28-13-8-6-9-14-28)29-15-10-7-11-16-29/h6-22,34-36,46H,5,23-26H2,1-4H3. The minimum atomic E-state index is -4.85. The summed E-state index contributed by atoms with van der Waals surface area (Å²) in [5, 5.41) is 3.33. The van der Waals surface area contributed by atoms with Gasteiger partial charge in [0.05, 0.1) is 36.8 Å². The minimum Gasteiger partial charge on any atom is -0.466 e. The van der Waals surface area contributed by atoms with Gasteiger partial charge in [0.2, 0.25) is 0 Å². The molecule has 2 aliphatic rings. The van der Waals surface area contributed by atoms with Crippen LogP contribution in [-0.2, 0) is 30.8 Å². The number of pyridine rings is 1. The zero-order chi connectivity index (χ0) is 37.0. The van der Waals surface area contributed by atoms with E-state index in [1.807, 2.05) is 36.4 Å². The number of halogens is 3. The maximum atomic E-state index is 14.4. The number of esters is 2. The number of nitrogens with one attached hydrogen (secondary N) is 1. The van der Waals surface area contributed by atoms with Crippen LogP contribution in [0.25, 0.3) is 0 Å². The number of hydrogen-bond acceptors (Lipinski definition) is 8. The fraction of sp³-hybridized carbons (Fsp3) is 0.341. The van der Waals surface area contributed by atoms with Gasteiger partial charge in [-0.2, -0.15) is 13.2 Å². The lowest BCUT2D eigenvalue weighted by Crippen LogP contribution is -2.56. The van der Waals surface area contributed by atoms with E-state index in [0.717, 1.165) is 45.2 Å². The van der Waals surface area contributed by atoms with E-state index < -0.39 is 41.2 Å². The zero-order valence-electron chi connectivity index (χ0n) is 29.7. The van der Waals surface area contributed by atoms with Crippen LogP contribution in [0.1, 0.15) is 60.7 Å². The third-order valence-electron chi connectivity index (χ3n) is 10.2. The molecule has 1 saturated heterocycles. The van der Waals surface area contributed by atoms with Crippen LogP contribution in [0.4, 0.5) is 18.9 Å². The lowest BCUT2D eigenvalue weighted by Gasteiger charge is -2.47. The molecule has 3 aromatic carbocycles. The Labute approximate surface area is 302 Å². The molecule has 3 unspecified atom stereocenters. The molecule has 2 aliphatic heterocycles. The molecule has 0 bridgehead atoms. The second kappa shape index (κ2) is 15.2. The van der Waals surface area contributed by atoms with Gasteiger partial charge in [0, 0.05) is 49.7 Å². The van der Waals surface area contributed by atoms with E-state index in [-0.39, 0.29) is 23.8 Å². The Bertz CT molecular complexity index is 1860. The number of methoxy groups -OCH3 is 1. The summed E-state index contributed by atoms with van der Waals surface area (Å²) < 4.78 is 53.9. The minimum absolute atomic E-state index is 0.00608. The number of carbonyl (C=O) groups excluding carboxylic acids is 2. The van der Waals surface area contributed by atoms with Gasteiger partial charge in [-0.15, -0.1) is 0 Å². The number of anilines is 1. The molecule has 0 radical (unpaired) electrons. The quantitative estimate of drug-likeness (QED) is 0.182. The van der Waals surface area contributed by atoms with Crippen molar-refractivity contribution in [2.24, 2.45) is 5.92 Å². The van der Waals surface area contributed by atoms with Crippen molar-refractivity contribution in [1.29, 1.82) is 0 Å². The van der Waals surface area contributed by atoms with Gasteiger partial charge in [0.15, 0.2) is 0 Å². The summed E-state index contributed by atoms with van der Waals surface area (Å²) in [6, 6.07) is 31.5. The predicted molar refractivity (Wildman–Crippen MR) is 192 cm³/mol. The molecule has 8 nitrogen and oxygen atoms in total. The molecule has 1 aromatic heterocycles. The first-order valence-corrected chi connectivity index (χ1v) is 17.4. The van der Waals surface area contributed by atoms with Gasteiger partial charge in [-0.05, 0) is 61.2 Å².